The molecule has 0 saturated carbocycles. The highest BCUT2D eigenvalue weighted by Crippen LogP contribution is 2.29. The predicted molar refractivity (Wildman–Crippen MR) is 77.9 cm³/mol. The molecule has 1 aromatic carbocycles. The zero-order valence-corrected chi connectivity index (χ0v) is 12.2. The lowest BCUT2D eigenvalue weighted by atomic mass is 9.90. The third kappa shape index (κ3) is 4.04. The topological polar surface area (TPSA) is 66.8 Å². The Kier molecular flexibility index (Phi) is 4.96. The largest absolute Gasteiger partial charge is 0.481 e. The van der Waals surface area contributed by atoms with Gasteiger partial charge in [0.15, 0.2) is 0 Å². The Bertz CT molecular complexity index is 502. The van der Waals surface area contributed by atoms with E-state index in [4.69, 9.17) is 9.84 Å². The lowest BCUT2D eigenvalue weighted by molar-refractivity contribution is -0.147. The molecule has 0 aromatic heterocycles. The van der Waals surface area contributed by atoms with Crippen molar-refractivity contribution in [3.05, 3.63) is 35.9 Å². The van der Waals surface area contributed by atoms with E-state index < -0.39 is 11.4 Å². The minimum Gasteiger partial charge on any atom is -0.481 e. The molecule has 5 nitrogen and oxygen atoms in total. The van der Waals surface area contributed by atoms with Gasteiger partial charge in [0.25, 0.3) is 0 Å². The molecule has 0 spiro atoms. The van der Waals surface area contributed by atoms with Crippen molar-refractivity contribution in [1.82, 2.24) is 4.90 Å². The minimum atomic E-state index is -0.845. The first kappa shape index (κ1) is 15.5. The van der Waals surface area contributed by atoms with Crippen LogP contribution in [0.1, 0.15) is 18.9 Å². The van der Waals surface area contributed by atoms with E-state index in [0.717, 1.165) is 6.42 Å². The first-order valence-electron chi connectivity index (χ1n) is 7.14. The molecule has 5 heteroatoms. The zero-order chi connectivity index (χ0) is 15.3. The highest BCUT2D eigenvalue weighted by atomic mass is 16.5. The van der Waals surface area contributed by atoms with E-state index in [1.54, 1.807) is 11.8 Å². The third-order valence-electron chi connectivity index (χ3n) is 3.95. The molecule has 1 fully saturated rings. The second-order valence-electron chi connectivity index (χ2n) is 5.72. The zero-order valence-electron chi connectivity index (χ0n) is 12.2. The van der Waals surface area contributed by atoms with Crippen LogP contribution < -0.4 is 0 Å². The van der Waals surface area contributed by atoms with Gasteiger partial charge in [-0.15, -0.1) is 0 Å². The molecule has 114 valence electrons. The molecular formula is C16H21NO4. The number of aliphatic carboxylic acids is 1. The van der Waals surface area contributed by atoms with E-state index >= 15 is 0 Å². The number of hydrogen-bond donors (Lipinski definition) is 1. The van der Waals surface area contributed by atoms with Crippen molar-refractivity contribution < 1.29 is 19.4 Å². The maximum absolute atomic E-state index is 12.0. The maximum Gasteiger partial charge on any atom is 0.311 e. The Morgan fingerprint density at radius 2 is 2.05 bits per heavy atom. The van der Waals surface area contributed by atoms with Gasteiger partial charge in [-0.1, -0.05) is 30.3 Å². The Morgan fingerprint density at radius 3 is 2.67 bits per heavy atom. The summed E-state index contributed by atoms with van der Waals surface area (Å²) in [4.78, 5) is 24.7. The molecule has 2 rings (SSSR count). The molecule has 1 heterocycles. The number of ether oxygens (including phenoxy) is 1. The molecule has 21 heavy (non-hydrogen) atoms. The fraction of sp³-hybridized carbons (Fsp3) is 0.500. The van der Waals surface area contributed by atoms with Gasteiger partial charge in [0, 0.05) is 13.1 Å². The first-order valence-corrected chi connectivity index (χ1v) is 7.14. The van der Waals surface area contributed by atoms with Crippen LogP contribution in [-0.2, 0) is 20.7 Å². The van der Waals surface area contributed by atoms with Crippen molar-refractivity contribution in [2.24, 2.45) is 5.41 Å². The van der Waals surface area contributed by atoms with Gasteiger partial charge in [0.05, 0.1) is 12.0 Å². The van der Waals surface area contributed by atoms with Crippen LogP contribution in [0.2, 0.25) is 0 Å². The van der Waals surface area contributed by atoms with Crippen molar-refractivity contribution in [2.45, 2.75) is 19.8 Å². The van der Waals surface area contributed by atoms with Gasteiger partial charge in [-0.3, -0.25) is 9.59 Å². The summed E-state index contributed by atoms with van der Waals surface area (Å²) in [5, 5.41) is 9.14. The highest BCUT2D eigenvalue weighted by molar-refractivity contribution is 5.81. The number of carboxylic acids is 1. The number of carboxylic acid groups (broad SMARTS) is 1. The number of rotatable bonds is 6. The van der Waals surface area contributed by atoms with Gasteiger partial charge in [0.1, 0.15) is 6.61 Å². The molecule has 1 amide bonds. The molecular weight excluding hydrogens is 270 g/mol. The second kappa shape index (κ2) is 6.72. The van der Waals surface area contributed by atoms with Crippen molar-refractivity contribution in [2.75, 3.05) is 26.3 Å². The van der Waals surface area contributed by atoms with Crippen LogP contribution in [0.3, 0.4) is 0 Å². The average molecular weight is 291 g/mol. The lowest BCUT2D eigenvalue weighted by Gasteiger charge is -2.20. The number of hydrogen-bond acceptors (Lipinski definition) is 3. The monoisotopic (exact) mass is 291 g/mol. The van der Waals surface area contributed by atoms with E-state index in [9.17, 15) is 9.59 Å². The molecule has 0 aliphatic carbocycles. The molecule has 1 N–H and O–H groups in total. The van der Waals surface area contributed by atoms with Crippen LogP contribution in [0.15, 0.2) is 30.3 Å². The van der Waals surface area contributed by atoms with E-state index in [0.29, 0.717) is 19.6 Å². The lowest BCUT2D eigenvalue weighted by Crippen LogP contribution is -2.36. The summed E-state index contributed by atoms with van der Waals surface area (Å²) in [5.74, 6) is -0.976. The summed E-state index contributed by atoms with van der Waals surface area (Å²) < 4.78 is 5.40. The van der Waals surface area contributed by atoms with E-state index in [1.165, 1.54) is 5.56 Å². The van der Waals surface area contributed by atoms with Gasteiger partial charge in [-0.05, 0) is 25.3 Å². The number of benzene rings is 1. The van der Waals surface area contributed by atoms with Crippen LogP contribution in [0.4, 0.5) is 0 Å². The summed E-state index contributed by atoms with van der Waals surface area (Å²) in [6.45, 7) is 2.94. The molecule has 0 unspecified atom stereocenters. The Morgan fingerprint density at radius 1 is 1.33 bits per heavy atom. The molecule has 0 bridgehead atoms. The number of likely N-dealkylation sites (tertiary alicyclic amines) is 1. The maximum atomic E-state index is 12.0. The van der Waals surface area contributed by atoms with Gasteiger partial charge >= 0.3 is 5.97 Å². The van der Waals surface area contributed by atoms with Crippen molar-refractivity contribution >= 4 is 11.9 Å². The van der Waals surface area contributed by atoms with E-state index in [1.807, 2.05) is 30.3 Å². The second-order valence-corrected chi connectivity index (χ2v) is 5.72. The van der Waals surface area contributed by atoms with Gasteiger partial charge in [-0.2, -0.15) is 0 Å². The summed E-state index contributed by atoms with van der Waals surface area (Å²) in [6, 6.07) is 9.93. The fourth-order valence-electron chi connectivity index (χ4n) is 2.43. The first-order chi connectivity index (χ1) is 10.0. The van der Waals surface area contributed by atoms with Crippen LogP contribution >= 0.6 is 0 Å². The SMILES string of the molecule is C[C@]1(C(=O)O)CCN(C(=O)COCCc2ccccc2)C1. The molecule has 0 radical (unpaired) electrons. The van der Waals surface area contributed by atoms with Crippen LogP contribution in [0, 0.1) is 5.41 Å². The number of amides is 1. The van der Waals surface area contributed by atoms with Crippen molar-refractivity contribution in [3.63, 3.8) is 0 Å². The quantitative estimate of drug-likeness (QED) is 0.808. The molecule has 1 saturated heterocycles. The Hall–Kier alpha value is -1.88. The van der Waals surface area contributed by atoms with Crippen LogP contribution in [0.5, 0.6) is 0 Å². The summed E-state index contributed by atoms with van der Waals surface area (Å²) >= 11 is 0. The summed E-state index contributed by atoms with van der Waals surface area (Å²) in [5.41, 5.74) is 0.351. The Balaban J connectivity index is 1.70. The standard InChI is InChI=1S/C16H21NO4/c1-16(15(19)20)8-9-17(12-16)14(18)11-21-10-7-13-5-3-2-4-6-13/h2-6H,7-12H2,1H3,(H,19,20)/t16-/m0/s1. The third-order valence-corrected chi connectivity index (χ3v) is 3.95. The van der Waals surface area contributed by atoms with Gasteiger partial charge in [-0.25, -0.2) is 0 Å². The fourth-order valence-corrected chi connectivity index (χ4v) is 2.43. The molecule has 1 aliphatic heterocycles. The van der Waals surface area contributed by atoms with Crippen LogP contribution in [-0.4, -0.2) is 48.2 Å². The smallest absolute Gasteiger partial charge is 0.311 e. The van der Waals surface area contributed by atoms with Crippen LogP contribution in [0.25, 0.3) is 0 Å². The van der Waals surface area contributed by atoms with Crippen molar-refractivity contribution in [1.29, 1.82) is 0 Å². The number of carbonyl (C=O) groups is 2. The molecule has 1 atom stereocenters. The number of carbonyl (C=O) groups excluding carboxylic acids is 1. The van der Waals surface area contributed by atoms with Crippen molar-refractivity contribution in [3.8, 4) is 0 Å². The summed E-state index contributed by atoms with van der Waals surface area (Å²) in [7, 11) is 0. The van der Waals surface area contributed by atoms with E-state index in [2.05, 4.69) is 0 Å². The summed E-state index contributed by atoms with van der Waals surface area (Å²) in [6.07, 6.45) is 1.26. The normalized spacial score (nSPS) is 21.5. The number of nitrogens with zero attached hydrogens (tertiary/aromatic N) is 1. The average Bonchev–Trinajstić information content (AvgIpc) is 2.89. The van der Waals surface area contributed by atoms with E-state index in [-0.39, 0.29) is 19.1 Å². The van der Waals surface area contributed by atoms with Gasteiger partial charge < -0.3 is 14.7 Å². The highest BCUT2D eigenvalue weighted by Gasteiger charge is 2.41. The molecule has 1 aliphatic rings. The predicted octanol–water partition coefficient (Wildman–Crippen LogP) is 1.57. The molecule has 1 aromatic rings. The Labute approximate surface area is 124 Å². The minimum absolute atomic E-state index is 0.0164. The van der Waals surface area contributed by atoms with Gasteiger partial charge in [0.2, 0.25) is 5.91 Å².